The molecule has 3 rings (SSSR count). The van der Waals surface area contributed by atoms with Gasteiger partial charge in [-0.05, 0) is 24.3 Å². The third kappa shape index (κ3) is 2.85. The van der Waals surface area contributed by atoms with Gasteiger partial charge in [0.05, 0.1) is 37.1 Å². The van der Waals surface area contributed by atoms with E-state index in [9.17, 15) is 4.79 Å². The van der Waals surface area contributed by atoms with Crippen LogP contribution in [0.2, 0.25) is 0 Å². The molecular weight excluding hydrogens is 328 g/mol. The number of anilines is 1. The Morgan fingerprint density at radius 3 is 2.42 bits per heavy atom. The van der Waals surface area contributed by atoms with Crippen LogP contribution in [-0.2, 0) is 0 Å². The highest BCUT2D eigenvalue weighted by molar-refractivity contribution is 7.22. The number of carbonyl (C=O) groups excluding carboxylic acids is 1. The number of carbonyl (C=O) groups is 1. The minimum Gasteiger partial charge on any atom is -0.493 e. The number of hydrogen-bond acceptors (Lipinski definition) is 6. The molecule has 24 heavy (non-hydrogen) atoms. The van der Waals surface area contributed by atoms with E-state index in [1.807, 2.05) is 24.3 Å². The predicted octanol–water partition coefficient (Wildman–Crippen LogP) is 3.57. The van der Waals surface area contributed by atoms with Crippen molar-refractivity contribution in [3.63, 3.8) is 0 Å². The lowest BCUT2D eigenvalue weighted by atomic mass is 10.1. The van der Waals surface area contributed by atoms with Gasteiger partial charge in [-0.25, -0.2) is 4.98 Å². The number of nitrogens with zero attached hydrogens (tertiary/aromatic N) is 1. The van der Waals surface area contributed by atoms with E-state index in [4.69, 9.17) is 14.2 Å². The summed E-state index contributed by atoms with van der Waals surface area (Å²) in [6.07, 6.45) is 0. The van der Waals surface area contributed by atoms with Crippen molar-refractivity contribution in [2.24, 2.45) is 0 Å². The van der Waals surface area contributed by atoms with Crippen LogP contribution in [0.4, 0.5) is 5.13 Å². The van der Waals surface area contributed by atoms with Gasteiger partial charge in [0, 0.05) is 0 Å². The second kappa shape index (κ2) is 6.76. The molecule has 0 bridgehead atoms. The second-order valence-corrected chi connectivity index (χ2v) is 5.85. The van der Waals surface area contributed by atoms with Gasteiger partial charge in [0.2, 0.25) is 5.75 Å². The highest BCUT2D eigenvalue weighted by Crippen LogP contribution is 2.40. The average molecular weight is 344 g/mol. The first kappa shape index (κ1) is 16.1. The fourth-order valence-corrected chi connectivity index (χ4v) is 3.23. The predicted molar refractivity (Wildman–Crippen MR) is 93.7 cm³/mol. The highest BCUT2D eigenvalue weighted by Gasteiger charge is 2.21. The number of rotatable bonds is 5. The van der Waals surface area contributed by atoms with Crippen LogP contribution in [-0.4, -0.2) is 32.2 Å². The van der Waals surface area contributed by atoms with E-state index in [2.05, 4.69) is 10.3 Å². The molecule has 1 amide bonds. The fourth-order valence-electron chi connectivity index (χ4n) is 2.37. The van der Waals surface area contributed by atoms with Crippen LogP contribution < -0.4 is 19.5 Å². The van der Waals surface area contributed by atoms with Crippen LogP contribution in [0.3, 0.4) is 0 Å². The number of hydrogen-bond donors (Lipinski definition) is 1. The molecule has 6 nitrogen and oxygen atoms in total. The Bertz CT molecular complexity index is 858. The topological polar surface area (TPSA) is 69.7 Å². The van der Waals surface area contributed by atoms with Crippen LogP contribution in [0.1, 0.15) is 10.4 Å². The highest BCUT2D eigenvalue weighted by atomic mass is 32.1. The largest absolute Gasteiger partial charge is 0.493 e. The van der Waals surface area contributed by atoms with Crippen molar-refractivity contribution >= 4 is 32.6 Å². The molecule has 0 aliphatic heterocycles. The summed E-state index contributed by atoms with van der Waals surface area (Å²) >= 11 is 1.41. The van der Waals surface area contributed by atoms with Crippen molar-refractivity contribution in [1.82, 2.24) is 4.98 Å². The summed E-state index contributed by atoms with van der Waals surface area (Å²) in [7, 11) is 4.50. The van der Waals surface area contributed by atoms with Crippen LogP contribution >= 0.6 is 11.3 Å². The maximum Gasteiger partial charge on any atom is 0.261 e. The summed E-state index contributed by atoms with van der Waals surface area (Å²) in [5.74, 6) is 0.852. The van der Waals surface area contributed by atoms with Crippen molar-refractivity contribution in [3.8, 4) is 17.2 Å². The molecule has 0 aliphatic carbocycles. The smallest absolute Gasteiger partial charge is 0.261 e. The molecule has 1 aromatic heterocycles. The molecule has 1 N–H and O–H groups in total. The first-order valence-corrected chi connectivity index (χ1v) is 7.95. The minimum atomic E-state index is -0.327. The number of amides is 1. The summed E-state index contributed by atoms with van der Waals surface area (Å²) < 4.78 is 16.9. The first-order valence-electron chi connectivity index (χ1n) is 7.13. The van der Waals surface area contributed by atoms with E-state index >= 15 is 0 Å². The van der Waals surface area contributed by atoms with E-state index < -0.39 is 0 Å². The van der Waals surface area contributed by atoms with Crippen molar-refractivity contribution in [2.75, 3.05) is 26.6 Å². The monoisotopic (exact) mass is 344 g/mol. The molecular formula is C17H16N2O4S. The summed E-state index contributed by atoms with van der Waals surface area (Å²) in [4.78, 5) is 17.0. The number of para-hydroxylation sites is 1. The molecule has 3 aromatic rings. The molecule has 0 fully saturated rings. The Hall–Kier alpha value is -2.80. The third-order valence-corrected chi connectivity index (χ3v) is 4.41. The van der Waals surface area contributed by atoms with Crippen LogP contribution in [0.25, 0.3) is 10.2 Å². The van der Waals surface area contributed by atoms with E-state index in [0.717, 1.165) is 10.2 Å². The lowest BCUT2D eigenvalue weighted by Gasteiger charge is -2.15. The van der Waals surface area contributed by atoms with Gasteiger partial charge < -0.3 is 14.2 Å². The van der Waals surface area contributed by atoms with Crippen molar-refractivity contribution in [3.05, 3.63) is 42.0 Å². The Morgan fingerprint density at radius 2 is 1.75 bits per heavy atom. The van der Waals surface area contributed by atoms with Crippen molar-refractivity contribution < 1.29 is 19.0 Å². The zero-order valence-electron chi connectivity index (χ0n) is 13.5. The Morgan fingerprint density at radius 1 is 1.00 bits per heavy atom. The molecule has 0 spiro atoms. The normalized spacial score (nSPS) is 10.5. The Kier molecular flexibility index (Phi) is 4.52. The minimum absolute atomic E-state index is 0.315. The maximum atomic E-state index is 12.6. The van der Waals surface area contributed by atoms with Gasteiger partial charge in [-0.3, -0.25) is 10.1 Å². The number of aromatic nitrogens is 1. The van der Waals surface area contributed by atoms with Crippen LogP contribution in [0.5, 0.6) is 17.2 Å². The van der Waals surface area contributed by atoms with Crippen LogP contribution in [0, 0.1) is 0 Å². The fraction of sp³-hybridized carbons (Fsp3) is 0.176. The molecule has 7 heteroatoms. The zero-order valence-corrected chi connectivity index (χ0v) is 14.3. The Balaban J connectivity index is 1.94. The van der Waals surface area contributed by atoms with Gasteiger partial charge in [-0.15, -0.1) is 0 Å². The molecule has 0 unspecified atom stereocenters. The van der Waals surface area contributed by atoms with E-state index in [1.54, 1.807) is 12.1 Å². The molecule has 2 aromatic carbocycles. The van der Waals surface area contributed by atoms with Gasteiger partial charge in [0.25, 0.3) is 5.91 Å². The van der Waals surface area contributed by atoms with E-state index in [0.29, 0.717) is 27.9 Å². The number of ether oxygens (including phenoxy) is 3. The SMILES string of the molecule is COc1ccc(C(=O)Nc2nc3ccccc3s2)c(OC)c1OC. The second-order valence-electron chi connectivity index (χ2n) is 4.82. The summed E-state index contributed by atoms with van der Waals surface area (Å²) in [5.41, 5.74) is 1.19. The molecule has 0 aliphatic rings. The molecule has 0 atom stereocenters. The number of nitrogens with one attached hydrogen (secondary N) is 1. The first-order chi connectivity index (χ1) is 11.7. The lowest BCUT2D eigenvalue weighted by molar-refractivity contribution is 0.102. The van der Waals surface area contributed by atoms with Gasteiger partial charge in [0.1, 0.15) is 0 Å². The Labute approximate surface area is 143 Å². The van der Waals surface area contributed by atoms with E-state index in [-0.39, 0.29) is 5.91 Å². The molecule has 0 saturated carbocycles. The van der Waals surface area contributed by atoms with Crippen LogP contribution in [0.15, 0.2) is 36.4 Å². The van der Waals surface area contributed by atoms with Crippen molar-refractivity contribution in [2.45, 2.75) is 0 Å². The van der Waals surface area contributed by atoms with Gasteiger partial charge >= 0.3 is 0 Å². The maximum absolute atomic E-state index is 12.6. The van der Waals surface area contributed by atoms with Gasteiger partial charge in [-0.2, -0.15) is 0 Å². The number of thiazole rings is 1. The van der Waals surface area contributed by atoms with Gasteiger partial charge in [0.15, 0.2) is 16.6 Å². The molecule has 124 valence electrons. The molecule has 0 radical (unpaired) electrons. The summed E-state index contributed by atoms with van der Waals surface area (Å²) in [5, 5.41) is 3.33. The zero-order chi connectivity index (χ0) is 17.1. The quantitative estimate of drug-likeness (QED) is 0.766. The van der Waals surface area contributed by atoms with E-state index in [1.165, 1.54) is 32.7 Å². The number of benzene rings is 2. The molecule has 1 heterocycles. The average Bonchev–Trinajstić information content (AvgIpc) is 3.02. The van der Waals surface area contributed by atoms with Crippen molar-refractivity contribution in [1.29, 1.82) is 0 Å². The summed E-state index contributed by atoms with van der Waals surface area (Å²) in [6, 6.07) is 11.0. The lowest BCUT2D eigenvalue weighted by Crippen LogP contribution is -2.13. The summed E-state index contributed by atoms with van der Waals surface area (Å²) in [6.45, 7) is 0. The number of methoxy groups -OCH3 is 3. The number of fused-ring (bicyclic) bond motifs is 1. The molecule has 0 saturated heterocycles. The van der Waals surface area contributed by atoms with Gasteiger partial charge in [-0.1, -0.05) is 23.5 Å². The third-order valence-electron chi connectivity index (χ3n) is 3.46. The standard InChI is InChI=1S/C17H16N2O4S/c1-21-12-9-8-10(14(22-2)15(12)23-3)16(20)19-17-18-11-6-4-5-7-13(11)24-17/h4-9H,1-3H3,(H,18,19,20).